The maximum atomic E-state index is 13.0. The number of rotatable bonds is 4. The standard InChI is InChI=1S/C20H32N6O2/c1-14-12-15(2)26(22-14)16(3)18(27)25-9-7-8-24(10-11-25)13-17-21-19(28-23-17)20(4,5)6/h12,16H,7-11,13H2,1-6H3. The molecule has 3 rings (SSSR count). The highest BCUT2D eigenvalue weighted by molar-refractivity contribution is 5.80. The number of aromatic nitrogens is 4. The van der Waals surface area contributed by atoms with E-state index in [1.165, 1.54) is 0 Å². The van der Waals surface area contributed by atoms with Crippen molar-refractivity contribution in [3.8, 4) is 0 Å². The van der Waals surface area contributed by atoms with E-state index in [1.54, 1.807) is 0 Å². The number of amides is 1. The van der Waals surface area contributed by atoms with E-state index in [4.69, 9.17) is 4.52 Å². The molecule has 0 radical (unpaired) electrons. The van der Waals surface area contributed by atoms with Gasteiger partial charge < -0.3 is 9.42 Å². The zero-order valence-corrected chi connectivity index (χ0v) is 17.9. The Morgan fingerprint density at radius 3 is 2.57 bits per heavy atom. The number of hydrogen-bond donors (Lipinski definition) is 0. The van der Waals surface area contributed by atoms with E-state index >= 15 is 0 Å². The SMILES string of the molecule is Cc1cc(C)n(C(C)C(=O)N2CCCN(Cc3noc(C(C)(C)C)n3)CC2)n1. The second-order valence-electron chi connectivity index (χ2n) is 8.77. The lowest BCUT2D eigenvalue weighted by Crippen LogP contribution is -2.39. The molecule has 0 aliphatic carbocycles. The lowest BCUT2D eigenvalue weighted by Gasteiger charge is -2.25. The van der Waals surface area contributed by atoms with Crippen molar-refractivity contribution < 1.29 is 9.32 Å². The fourth-order valence-electron chi connectivity index (χ4n) is 3.58. The van der Waals surface area contributed by atoms with Gasteiger partial charge in [-0.2, -0.15) is 10.1 Å². The zero-order valence-electron chi connectivity index (χ0n) is 17.9. The highest BCUT2D eigenvalue weighted by Gasteiger charge is 2.27. The van der Waals surface area contributed by atoms with Crippen LogP contribution in [0.25, 0.3) is 0 Å². The summed E-state index contributed by atoms with van der Waals surface area (Å²) >= 11 is 0. The molecule has 0 aromatic carbocycles. The van der Waals surface area contributed by atoms with Gasteiger partial charge in [0, 0.05) is 37.3 Å². The summed E-state index contributed by atoms with van der Waals surface area (Å²) in [5, 5.41) is 8.60. The summed E-state index contributed by atoms with van der Waals surface area (Å²) in [6, 6.07) is 1.72. The van der Waals surface area contributed by atoms with Gasteiger partial charge in [-0.1, -0.05) is 25.9 Å². The summed E-state index contributed by atoms with van der Waals surface area (Å²) in [5.74, 6) is 1.50. The summed E-state index contributed by atoms with van der Waals surface area (Å²) in [7, 11) is 0. The minimum Gasteiger partial charge on any atom is -0.340 e. The van der Waals surface area contributed by atoms with Crippen molar-refractivity contribution in [1.29, 1.82) is 0 Å². The summed E-state index contributed by atoms with van der Waals surface area (Å²) in [4.78, 5) is 21.8. The minimum atomic E-state index is -0.285. The Morgan fingerprint density at radius 2 is 1.96 bits per heavy atom. The van der Waals surface area contributed by atoms with E-state index in [1.807, 2.05) is 36.4 Å². The quantitative estimate of drug-likeness (QED) is 0.800. The largest absolute Gasteiger partial charge is 0.340 e. The summed E-state index contributed by atoms with van der Waals surface area (Å²) in [5.41, 5.74) is 1.81. The average Bonchev–Trinajstić information content (AvgIpc) is 3.14. The molecule has 0 spiro atoms. The first-order valence-electron chi connectivity index (χ1n) is 10.0. The molecule has 1 amide bonds. The average molecular weight is 389 g/mol. The zero-order chi connectivity index (χ0) is 20.5. The van der Waals surface area contributed by atoms with Crippen LogP contribution in [0.1, 0.15) is 63.3 Å². The molecule has 1 aliphatic rings. The van der Waals surface area contributed by atoms with Gasteiger partial charge in [-0.05, 0) is 33.3 Å². The van der Waals surface area contributed by atoms with E-state index in [-0.39, 0.29) is 17.4 Å². The van der Waals surface area contributed by atoms with Gasteiger partial charge >= 0.3 is 0 Å². The first-order chi connectivity index (χ1) is 13.1. The highest BCUT2D eigenvalue weighted by atomic mass is 16.5. The molecule has 3 heterocycles. The molecule has 8 heteroatoms. The van der Waals surface area contributed by atoms with Crippen LogP contribution in [-0.4, -0.2) is 61.8 Å². The van der Waals surface area contributed by atoms with Gasteiger partial charge in [0.15, 0.2) is 5.82 Å². The third-order valence-corrected chi connectivity index (χ3v) is 5.14. The molecule has 154 valence electrons. The van der Waals surface area contributed by atoms with Crippen LogP contribution in [0.5, 0.6) is 0 Å². The Hall–Kier alpha value is -2.22. The molecule has 1 atom stereocenters. The second kappa shape index (κ2) is 8.03. The van der Waals surface area contributed by atoms with Gasteiger partial charge in [-0.15, -0.1) is 0 Å². The fraction of sp³-hybridized carbons (Fsp3) is 0.700. The lowest BCUT2D eigenvalue weighted by atomic mass is 9.97. The molecule has 1 saturated heterocycles. The van der Waals surface area contributed by atoms with E-state index in [0.29, 0.717) is 24.8 Å². The highest BCUT2D eigenvalue weighted by Crippen LogP contribution is 2.20. The molecular weight excluding hydrogens is 356 g/mol. The van der Waals surface area contributed by atoms with E-state index < -0.39 is 0 Å². The molecule has 8 nitrogen and oxygen atoms in total. The van der Waals surface area contributed by atoms with Gasteiger partial charge in [0.1, 0.15) is 6.04 Å². The van der Waals surface area contributed by atoms with Crippen LogP contribution in [0.2, 0.25) is 0 Å². The summed E-state index contributed by atoms with van der Waals surface area (Å²) in [6.45, 7) is 15.9. The maximum absolute atomic E-state index is 13.0. The molecule has 1 fully saturated rings. The summed E-state index contributed by atoms with van der Waals surface area (Å²) < 4.78 is 7.22. The molecule has 2 aromatic rings. The molecule has 1 unspecified atom stereocenters. The van der Waals surface area contributed by atoms with Gasteiger partial charge in [-0.25, -0.2) is 0 Å². The number of carbonyl (C=O) groups is 1. The van der Waals surface area contributed by atoms with Crippen LogP contribution in [-0.2, 0) is 16.8 Å². The second-order valence-corrected chi connectivity index (χ2v) is 8.77. The number of nitrogens with zero attached hydrogens (tertiary/aromatic N) is 6. The molecular formula is C20H32N6O2. The smallest absolute Gasteiger partial charge is 0.247 e. The monoisotopic (exact) mass is 388 g/mol. The predicted octanol–water partition coefficient (Wildman–Crippen LogP) is 2.48. The van der Waals surface area contributed by atoms with Crippen molar-refractivity contribution in [3.63, 3.8) is 0 Å². The molecule has 0 saturated carbocycles. The van der Waals surface area contributed by atoms with Crippen LogP contribution in [0.15, 0.2) is 10.6 Å². The fourth-order valence-corrected chi connectivity index (χ4v) is 3.58. The molecule has 0 N–H and O–H groups in total. The van der Waals surface area contributed by atoms with Crippen molar-refractivity contribution in [2.75, 3.05) is 26.2 Å². The molecule has 1 aliphatic heterocycles. The minimum absolute atomic E-state index is 0.127. The lowest BCUT2D eigenvalue weighted by molar-refractivity contribution is -0.134. The van der Waals surface area contributed by atoms with E-state index in [9.17, 15) is 4.79 Å². The third kappa shape index (κ3) is 4.60. The van der Waals surface area contributed by atoms with Crippen LogP contribution in [0.4, 0.5) is 0 Å². The number of carbonyl (C=O) groups excluding carboxylic acids is 1. The Balaban J connectivity index is 1.59. The topological polar surface area (TPSA) is 80.3 Å². The number of hydrogen-bond acceptors (Lipinski definition) is 6. The van der Waals surface area contributed by atoms with Crippen molar-refractivity contribution >= 4 is 5.91 Å². The summed E-state index contributed by atoms with van der Waals surface area (Å²) in [6.07, 6.45) is 0.930. The van der Waals surface area contributed by atoms with Crippen LogP contribution >= 0.6 is 0 Å². The van der Waals surface area contributed by atoms with Gasteiger partial charge in [0.05, 0.1) is 12.2 Å². The van der Waals surface area contributed by atoms with Crippen molar-refractivity contribution in [3.05, 3.63) is 29.2 Å². The predicted molar refractivity (Wildman–Crippen MR) is 106 cm³/mol. The first-order valence-corrected chi connectivity index (χ1v) is 10.0. The Kier molecular flexibility index (Phi) is 5.88. The van der Waals surface area contributed by atoms with Gasteiger partial charge in [-0.3, -0.25) is 14.4 Å². The van der Waals surface area contributed by atoms with Crippen LogP contribution in [0, 0.1) is 13.8 Å². The molecule has 2 aromatic heterocycles. The molecule has 28 heavy (non-hydrogen) atoms. The van der Waals surface area contributed by atoms with Crippen molar-refractivity contribution in [1.82, 2.24) is 29.7 Å². The Labute approximate surface area is 166 Å². The Bertz CT molecular complexity index is 819. The third-order valence-electron chi connectivity index (χ3n) is 5.14. The van der Waals surface area contributed by atoms with Gasteiger partial charge in [0.2, 0.25) is 11.8 Å². The van der Waals surface area contributed by atoms with Crippen LogP contribution in [0.3, 0.4) is 0 Å². The van der Waals surface area contributed by atoms with Crippen molar-refractivity contribution in [2.45, 2.75) is 66.0 Å². The Morgan fingerprint density at radius 1 is 1.21 bits per heavy atom. The normalized spacial score (nSPS) is 17.6. The van der Waals surface area contributed by atoms with E-state index in [0.717, 1.165) is 37.4 Å². The van der Waals surface area contributed by atoms with Crippen molar-refractivity contribution in [2.24, 2.45) is 0 Å². The van der Waals surface area contributed by atoms with Crippen LogP contribution < -0.4 is 0 Å². The van der Waals surface area contributed by atoms with E-state index in [2.05, 4.69) is 40.9 Å². The first kappa shape index (κ1) is 20.5. The number of aryl methyl sites for hydroxylation is 2. The molecule has 0 bridgehead atoms. The van der Waals surface area contributed by atoms with Gasteiger partial charge in [0.25, 0.3) is 0 Å². The maximum Gasteiger partial charge on any atom is 0.247 e.